The molecule has 0 aromatic carbocycles. The van der Waals surface area contributed by atoms with Crippen molar-refractivity contribution in [3.05, 3.63) is 30.1 Å². The van der Waals surface area contributed by atoms with Crippen LogP contribution in [0.5, 0.6) is 0 Å². The zero-order valence-electron chi connectivity index (χ0n) is 14.4. The molecule has 1 aromatic rings. The monoisotopic (exact) mass is 366 g/mol. The first-order chi connectivity index (χ1) is 12.1. The van der Waals surface area contributed by atoms with Crippen LogP contribution in [0.2, 0.25) is 0 Å². The average Bonchev–Trinajstić information content (AvgIpc) is 2.67. The summed E-state index contributed by atoms with van der Waals surface area (Å²) in [4.78, 5) is 16.5. The Labute approximate surface area is 149 Å². The van der Waals surface area contributed by atoms with Gasteiger partial charge in [-0.25, -0.2) is 0 Å². The van der Waals surface area contributed by atoms with Crippen molar-refractivity contribution in [2.75, 3.05) is 26.2 Å². The third-order valence-corrected chi connectivity index (χ3v) is 6.91. The van der Waals surface area contributed by atoms with Gasteiger partial charge < -0.3 is 5.32 Å². The second kappa shape index (κ2) is 8.25. The molecule has 1 amide bonds. The first-order valence-corrected chi connectivity index (χ1v) is 10.4. The van der Waals surface area contributed by atoms with Gasteiger partial charge in [-0.05, 0) is 37.3 Å². The lowest BCUT2D eigenvalue weighted by Crippen LogP contribution is -2.51. The van der Waals surface area contributed by atoms with Crippen LogP contribution in [-0.4, -0.2) is 54.1 Å². The van der Waals surface area contributed by atoms with Crippen LogP contribution in [0.4, 0.5) is 0 Å². The van der Waals surface area contributed by atoms with Gasteiger partial charge in [-0.3, -0.25) is 9.78 Å². The summed E-state index contributed by atoms with van der Waals surface area (Å²) in [5.41, 5.74) is 0.935. The normalized spacial score (nSPS) is 23.3. The van der Waals surface area contributed by atoms with Crippen LogP contribution in [-0.2, 0) is 21.5 Å². The van der Waals surface area contributed by atoms with E-state index >= 15 is 0 Å². The molecule has 3 heterocycles. The summed E-state index contributed by atoms with van der Waals surface area (Å²) in [5.74, 6) is -0.368. The van der Waals surface area contributed by atoms with Crippen LogP contribution >= 0.6 is 0 Å². The van der Waals surface area contributed by atoms with Crippen molar-refractivity contribution in [3.8, 4) is 0 Å². The maximum Gasteiger partial charge on any atom is 0.281 e. The standard InChI is InChI=1S/C17H26N4O3S/c22-17(19-13-15-6-4-8-18-12-15)16-7-5-11-21(14-16)25(23,24)20-9-2-1-3-10-20/h4,6,8,12,16H,1-3,5,7,9-11,13-14H2,(H,19,22)/t16-/m1/s1. The largest absolute Gasteiger partial charge is 0.352 e. The fourth-order valence-corrected chi connectivity index (χ4v) is 5.24. The van der Waals surface area contributed by atoms with Gasteiger partial charge >= 0.3 is 0 Å². The summed E-state index contributed by atoms with van der Waals surface area (Å²) in [6.45, 7) is 2.39. The van der Waals surface area contributed by atoms with Gasteiger partial charge in [-0.1, -0.05) is 12.5 Å². The molecule has 1 atom stereocenters. The molecular formula is C17H26N4O3S. The lowest BCUT2D eigenvalue weighted by atomic mass is 9.99. The highest BCUT2D eigenvalue weighted by Gasteiger charge is 2.36. The number of rotatable bonds is 5. The molecule has 8 heteroatoms. The topological polar surface area (TPSA) is 82.6 Å². The molecule has 0 radical (unpaired) electrons. The number of nitrogens with one attached hydrogen (secondary N) is 1. The summed E-state index contributed by atoms with van der Waals surface area (Å²) in [7, 11) is -3.44. The Morgan fingerprint density at radius 3 is 2.64 bits per heavy atom. The van der Waals surface area contributed by atoms with Gasteiger partial charge in [0.05, 0.1) is 5.92 Å². The Morgan fingerprint density at radius 2 is 1.92 bits per heavy atom. The molecule has 0 bridgehead atoms. The van der Waals surface area contributed by atoms with Gasteiger partial charge in [0.1, 0.15) is 0 Å². The molecule has 3 rings (SSSR count). The lowest BCUT2D eigenvalue weighted by molar-refractivity contribution is -0.126. The summed E-state index contributed by atoms with van der Waals surface area (Å²) in [5, 5.41) is 2.91. The average molecular weight is 366 g/mol. The van der Waals surface area contributed by atoms with E-state index in [1.54, 1.807) is 16.7 Å². The molecule has 2 saturated heterocycles. The predicted octanol–water partition coefficient (Wildman–Crippen LogP) is 1.14. The fourth-order valence-electron chi connectivity index (χ4n) is 3.46. The quantitative estimate of drug-likeness (QED) is 0.847. The number of aromatic nitrogens is 1. The van der Waals surface area contributed by atoms with Crippen molar-refractivity contribution in [2.24, 2.45) is 5.92 Å². The van der Waals surface area contributed by atoms with Crippen LogP contribution in [0, 0.1) is 5.92 Å². The minimum Gasteiger partial charge on any atom is -0.352 e. The molecule has 0 aliphatic carbocycles. The first kappa shape index (κ1) is 18.3. The minimum atomic E-state index is -3.44. The summed E-state index contributed by atoms with van der Waals surface area (Å²) in [6, 6.07) is 3.73. The Hall–Kier alpha value is -1.51. The van der Waals surface area contributed by atoms with E-state index in [1.165, 1.54) is 4.31 Å². The SMILES string of the molecule is O=C(NCc1cccnc1)[C@@H]1CCCN(S(=O)(=O)N2CCCCC2)C1. The Kier molecular flexibility index (Phi) is 6.03. The molecule has 1 aromatic heterocycles. The van der Waals surface area contributed by atoms with E-state index in [0.29, 0.717) is 26.2 Å². The number of carbonyl (C=O) groups excluding carboxylic acids is 1. The number of carbonyl (C=O) groups is 1. The molecule has 138 valence electrons. The molecule has 7 nitrogen and oxygen atoms in total. The fraction of sp³-hybridized carbons (Fsp3) is 0.647. The number of piperidine rings is 2. The Bertz CT molecular complexity index is 674. The smallest absolute Gasteiger partial charge is 0.281 e. The van der Waals surface area contributed by atoms with Crippen LogP contribution in [0.25, 0.3) is 0 Å². The molecule has 0 saturated carbocycles. The van der Waals surface area contributed by atoms with Gasteiger partial charge in [0, 0.05) is 45.1 Å². The van der Waals surface area contributed by atoms with Crippen molar-refractivity contribution in [2.45, 2.75) is 38.6 Å². The van der Waals surface area contributed by atoms with E-state index < -0.39 is 10.2 Å². The van der Waals surface area contributed by atoms with Gasteiger partial charge in [-0.15, -0.1) is 0 Å². The zero-order valence-corrected chi connectivity index (χ0v) is 15.2. The number of amides is 1. The molecule has 1 N–H and O–H groups in total. The van der Waals surface area contributed by atoms with Crippen LogP contribution in [0.15, 0.2) is 24.5 Å². The highest BCUT2D eigenvalue weighted by atomic mass is 32.2. The second-order valence-corrected chi connectivity index (χ2v) is 8.67. The van der Waals surface area contributed by atoms with Gasteiger partial charge in [0.2, 0.25) is 5.91 Å². The third-order valence-electron chi connectivity index (χ3n) is 4.91. The highest BCUT2D eigenvalue weighted by Crippen LogP contribution is 2.23. The highest BCUT2D eigenvalue weighted by molar-refractivity contribution is 7.86. The Balaban J connectivity index is 1.57. The molecule has 0 spiro atoms. The first-order valence-electron chi connectivity index (χ1n) is 8.99. The third kappa shape index (κ3) is 4.56. The number of hydrogen-bond donors (Lipinski definition) is 1. The van der Waals surface area contributed by atoms with Gasteiger partial charge in [0.15, 0.2) is 0 Å². The lowest BCUT2D eigenvalue weighted by Gasteiger charge is -2.36. The van der Waals surface area contributed by atoms with E-state index in [9.17, 15) is 13.2 Å². The van der Waals surface area contributed by atoms with E-state index in [0.717, 1.165) is 37.7 Å². The van der Waals surface area contributed by atoms with Gasteiger partial charge in [-0.2, -0.15) is 17.0 Å². The van der Waals surface area contributed by atoms with E-state index in [2.05, 4.69) is 10.3 Å². The Morgan fingerprint density at radius 1 is 1.16 bits per heavy atom. The van der Waals surface area contributed by atoms with E-state index in [-0.39, 0.29) is 18.4 Å². The van der Waals surface area contributed by atoms with Gasteiger partial charge in [0.25, 0.3) is 10.2 Å². The van der Waals surface area contributed by atoms with Crippen molar-refractivity contribution in [3.63, 3.8) is 0 Å². The molecular weight excluding hydrogens is 340 g/mol. The molecule has 25 heavy (non-hydrogen) atoms. The summed E-state index contributed by atoms with van der Waals surface area (Å²) >= 11 is 0. The zero-order chi connectivity index (χ0) is 17.7. The van der Waals surface area contributed by atoms with Crippen LogP contribution < -0.4 is 5.32 Å². The maximum absolute atomic E-state index is 12.8. The van der Waals surface area contributed by atoms with Crippen LogP contribution in [0.3, 0.4) is 0 Å². The minimum absolute atomic E-state index is 0.0811. The summed E-state index contributed by atoms with van der Waals surface area (Å²) in [6.07, 6.45) is 7.78. The number of pyridine rings is 1. The van der Waals surface area contributed by atoms with Crippen LogP contribution in [0.1, 0.15) is 37.7 Å². The van der Waals surface area contributed by atoms with E-state index in [4.69, 9.17) is 0 Å². The number of nitrogens with zero attached hydrogens (tertiary/aromatic N) is 3. The van der Waals surface area contributed by atoms with Crippen molar-refractivity contribution >= 4 is 16.1 Å². The van der Waals surface area contributed by atoms with Crippen molar-refractivity contribution in [1.29, 1.82) is 0 Å². The molecule has 2 aliphatic rings. The predicted molar refractivity (Wildman–Crippen MR) is 94.7 cm³/mol. The second-order valence-electron chi connectivity index (χ2n) is 6.74. The number of hydrogen-bond acceptors (Lipinski definition) is 4. The molecule has 0 unspecified atom stereocenters. The molecule has 2 fully saturated rings. The van der Waals surface area contributed by atoms with E-state index in [1.807, 2.05) is 12.1 Å². The van der Waals surface area contributed by atoms with Crippen molar-refractivity contribution in [1.82, 2.24) is 18.9 Å². The molecule has 2 aliphatic heterocycles. The van der Waals surface area contributed by atoms with Crippen molar-refractivity contribution < 1.29 is 13.2 Å². The maximum atomic E-state index is 12.8. The summed E-state index contributed by atoms with van der Waals surface area (Å²) < 4.78 is 28.7.